The number of aromatic nitrogens is 2. The van der Waals surface area contributed by atoms with Crippen LogP contribution in [0, 0.1) is 5.82 Å². The van der Waals surface area contributed by atoms with Crippen molar-refractivity contribution in [3.63, 3.8) is 0 Å². The number of carbonyl (C=O) groups is 2. The van der Waals surface area contributed by atoms with Crippen molar-refractivity contribution in [1.82, 2.24) is 10.2 Å². The minimum absolute atomic E-state index is 0.0540. The number of Topliss-reactive ketones (excluding diaryl/α,β-unsaturated/α-hetero) is 1. The first-order chi connectivity index (χ1) is 19.9. The summed E-state index contributed by atoms with van der Waals surface area (Å²) in [5.74, 6) is -1.72. The van der Waals surface area contributed by atoms with Gasteiger partial charge in [0.15, 0.2) is 4.34 Å². The molecule has 1 unspecified atom stereocenters. The molecule has 1 aromatic heterocycles. The molecule has 41 heavy (non-hydrogen) atoms. The molecule has 1 amide bonds. The Kier molecular flexibility index (Phi) is 9.02. The quantitative estimate of drug-likeness (QED) is 0.0499. The minimum Gasteiger partial charge on any atom is -0.507 e. The number of ether oxygens (including phenoxy) is 1. The average Bonchev–Trinajstić information content (AvgIpc) is 3.55. The summed E-state index contributed by atoms with van der Waals surface area (Å²) in [4.78, 5) is 27.9. The number of thioether (sulfide) groups is 1. The molecule has 4 aromatic rings. The van der Waals surface area contributed by atoms with E-state index < -0.39 is 29.3 Å². The predicted octanol–water partition coefficient (Wildman–Crippen LogP) is 7.43. The van der Waals surface area contributed by atoms with Crippen LogP contribution in [0.2, 0.25) is 5.02 Å². The lowest BCUT2D eigenvalue weighted by Crippen LogP contribution is -2.29. The standard InChI is InChI=1S/C30H25ClFN3O4S2/c1-2-3-16-39-21-14-10-19(11-15-21)26(36)24-25(22-6-4-5-7-23(22)32)35(28(38)27(24)37)29-33-34-30(41-29)40-17-18-8-12-20(31)13-9-18/h4-15,25,36H,2-3,16-17H2,1H3/b26-24+. The number of benzene rings is 3. The van der Waals surface area contributed by atoms with Gasteiger partial charge in [-0.1, -0.05) is 78.4 Å². The SMILES string of the molecule is CCCCOc1ccc(/C(O)=C2\C(=O)C(=O)N(c3nnc(SCc4ccc(Cl)cc4)s3)C2c2ccccc2F)cc1. The molecule has 210 valence electrons. The monoisotopic (exact) mass is 609 g/mol. The van der Waals surface area contributed by atoms with Crippen molar-refractivity contribution in [2.75, 3.05) is 11.5 Å². The van der Waals surface area contributed by atoms with Gasteiger partial charge in [0.05, 0.1) is 12.2 Å². The third-order valence-electron chi connectivity index (χ3n) is 6.42. The van der Waals surface area contributed by atoms with Gasteiger partial charge in [0.1, 0.15) is 23.4 Å². The Bertz CT molecular complexity index is 1590. The number of anilines is 1. The van der Waals surface area contributed by atoms with Crippen molar-refractivity contribution >= 4 is 57.3 Å². The maximum Gasteiger partial charge on any atom is 0.301 e. The van der Waals surface area contributed by atoms with E-state index >= 15 is 4.39 Å². The van der Waals surface area contributed by atoms with Gasteiger partial charge in [-0.15, -0.1) is 10.2 Å². The molecule has 1 N–H and O–H groups in total. The predicted molar refractivity (Wildman–Crippen MR) is 159 cm³/mol. The van der Waals surface area contributed by atoms with Gasteiger partial charge in [-0.3, -0.25) is 14.5 Å². The number of aliphatic hydroxyl groups excluding tert-OH is 1. The smallest absolute Gasteiger partial charge is 0.301 e. The lowest BCUT2D eigenvalue weighted by molar-refractivity contribution is -0.132. The Morgan fingerprint density at radius 3 is 2.51 bits per heavy atom. The highest BCUT2D eigenvalue weighted by Crippen LogP contribution is 2.44. The summed E-state index contributed by atoms with van der Waals surface area (Å²) in [6.07, 6.45) is 1.90. The van der Waals surface area contributed by atoms with Crippen LogP contribution in [0.3, 0.4) is 0 Å². The molecular weight excluding hydrogens is 585 g/mol. The van der Waals surface area contributed by atoms with Crippen molar-refractivity contribution in [3.8, 4) is 5.75 Å². The molecule has 11 heteroatoms. The van der Waals surface area contributed by atoms with Crippen molar-refractivity contribution in [1.29, 1.82) is 0 Å². The molecule has 0 radical (unpaired) electrons. The number of nitrogens with zero attached hydrogens (tertiary/aromatic N) is 3. The van der Waals surface area contributed by atoms with Gasteiger partial charge in [-0.05, 0) is 54.4 Å². The maximum atomic E-state index is 15.2. The summed E-state index contributed by atoms with van der Waals surface area (Å²) >= 11 is 8.48. The summed E-state index contributed by atoms with van der Waals surface area (Å²) in [7, 11) is 0. The summed E-state index contributed by atoms with van der Waals surface area (Å²) in [5.41, 5.74) is 1.14. The fraction of sp³-hybridized carbons (Fsp3) is 0.200. The van der Waals surface area contributed by atoms with E-state index in [1.54, 1.807) is 42.5 Å². The molecule has 0 saturated carbocycles. The number of rotatable bonds is 10. The van der Waals surface area contributed by atoms with Crippen LogP contribution in [-0.2, 0) is 15.3 Å². The summed E-state index contributed by atoms with van der Waals surface area (Å²) in [5, 5.41) is 20.4. The van der Waals surface area contributed by atoms with Crippen LogP contribution in [0.1, 0.15) is 42.5 Å². The Balaban J connectivity index is 1.49. The van der Waals surface area contributed by atoms with Crippen LogP contribution >= 0.6 is 34.7 Å². The van der Waals surface area contributed by atoms with E-state index in [-0.39, 0.29) is 16.3 Å². The van der Waals surface area contributed by atoms with E-state index in [0.717, 1.165) is 34.6 Å². The van der Waals surface area contributed by atoms with E-state index in [4.69, 9.17) is 16.3 Å². The fourth-order valence-electron chi connectivity index (χ4n) is 4.30. The topological polar surface area (TPSA) is 92.6 Å². The Hall–Kier alpha value is -3.73. The maximum absolute atomic E-state index is 15.2. The van der Waals surface area contributed by atoms with Crippen LogP contribution in [-0.4, -0.2) is 33.6 Å². The summed E-state index contributed by atoms with van der Waals surface area (Å²) < 4.78 is 21.4. The van der Waals surface area contributed by atoms with Gasteiger partial charge in [0, 0.05) is 21.9 Å². The first-order valence-corrected chi connectivity index (χ1v) is 15.0. The zero-order valence-electron chi connectivity index (χ0n) is 21.9. The van der Waals surface area contributed by atoms with Gasteiger partial charge >= 0.3 is 5.91 Å². The van der Waals surface area contributed by atoms with E-state index in [9.17, 15) is 14.7 Å². The number of halogens is 2. The first-order valence-electron chi connectivity index (χ1n) is 12.9. The zero-order chi connectivity index (χ0) is 28.9. The normalized spacial score (nSPS) is 16.4. The molecule has 0 aliphatic carbocycles. The second-order valence-corrected chi connectivity index (χ2v) is 11.8. The molecule has 1 aliphatic rings. The Morgan fingerprint density at radius 2 is 1.80 bits per heavy atom. The van der Waals surface area contributed by atoms with Crippen LogP contribution < -0.4 is 9.64 Å². The van der Waals surface area contributed by atoms with E-state index in [0.29, 0.717) is 33.0 Å². The molecule has 3 aromatic carbocycles. The van der Waals surface area contributed by atoms with E-state index in [2.05, 4.69) is 17.1 Å². The zero-order valence-corrected chi connectivity index (χ0v) is 24.3. The average molecular weight is 610 g/mol. The molecule has 1 atom stereocenters. The molecule has 1 saturated heterocycles. The number of amides is 1. The minimum atomic E-state index is -1.24. The third kappa shape index (κ3) is 6.29. The molecule has 0 spiro atoms. The van der Waals surface area contributed by atoms with Crippen LogP contribution in [0.5, 0.6) is 5.75 Å². The third-order valence-corrected chi connectivity index (χ3v) is 8.80. The van der Waals surface area contributed by atoms with Gasteiger partial charge in [0.2, 0.25) is 5.13 Å². The van der Waals surface area contributed by atoms with Gasteiger partial charge < -0.3 is 9.84 Å². The van der Waals surface area contributed by atoms with Gasteiger partial charge in [-0.25, -0.2) is 4.39 Å². The largest absolute Gasteiger partial charge is 0.507 e. The van der Waals surface area contributed by atoms with E-state index in [1.165, 1.54) is 30.0 Å². The Labute approximate surface area is 249 Å². The summed E-state index contributed by atoms with van der Waals surface area (Å²) in [6.45, 7) is 2.62. The highest BCUT2D eigenvalue weighted by atomic mass is 35.5. The lowest BCUT2D eigenvalue weighted by atomic mass is 9.95. The second-order valence-electron chi connectivity index (χ2n) is 9.18. The lowest BCUT2D eigenvalue weighted by Gasteiger charge is -2.22. The van der Waals surface area contributed by atoms with Crippen molar-refractivity contribution in [2.45, 2.75) is 35.9 Å². The summed E-state index contributed by atoms with van der Waals surface area (Å²) in [6, 6.07) is 18.5. The number of ketones is 1. The number of carbonyl (C=O) groups excluding carboxylic acids is 2. The first kappa shape index (κ1) is 28.8. The number of aliphatic hydroxyl groups is 1. The molecule has 7 nitrogen and oxygen atoms in total. The van der Waals surface area contributed by atoms with Crippen LogP contribution in [0.15, 0.2) is 82.7 Å². The van der Waals surface area contributed by atoms with Crippen molar-refractivity contribution < 1.29 is 23.8 Å². The van der Waals surface area contributed by atoms with Gasteiger partial charge in [-0.2, -0.15) is 0 Å². The molecular formula is C30H25ClFN3O4S2. The highest BCUT2D eigenvalue weighted by molar-refractivity contribution is 8.00. The number of unbranched alkanes of at least 4 members (excludes halogenated alkanes) is 1. The molecule has 1 aliphatic heterocycles. The molecule has 1 fully saturated rings. The van der Waals surface area contributed by atoms with Crippen LogP contribution in [0.25, 0.3) is 5.76 Å². The second kappa shape index (κ2) is 12.8. The highest BCUT2D eigenvalue weighted by Gasteiger charge is 2.49. The van der Waals surface area contributed by atoms with Gasteiger partial charge in [0.25, 0.3) is 5.78 Å². The molecule has 5 rings (SSSR count). The number of hydrogen-bond donors (Lipinski definition) is 1. The van der Waals surface area contributed by atoms with Crippen molar-refractivity contribution in [3.05, 3.63) is 106 Å². The van der Waals surface area contributed by atoms with Crippen LogP contribution in [0.4, 0.5) is 9.52 Å². The molecule has 2 heterocycles. The number of hydrogen-bond acceptors (Lipinski definition) is 8. The Morgan fingerprint density at radius 1 is 1.07 bits per heavy atom. The van der Waals surface area contributed by atoms with E-state index in [1.807, 2.05) is 12.1 Å². The molecule has 0 bridgehead atoms. The fourth-order valence-corrected chi connectivity index (χ4v) is 6.25. The van der Waals surface area contributed by atoms with Crippen molar-refractivity contribution in [2.24, 2.45) is 0 Å².